The van der Waals surface area contributed by atoms with Gasteiger partial charge in [-0.3, -0.25) is 18.9 Å². The van der Waals surface area contributed by atoms with Crippen molar-refractivity contribution in [2.45, 2.75) is 31.5 Å². The molecule has 1 N–H and O–H groups in total. The topological polar surface area (TPSA) is 82.8 Å². The van der Waals surface area contributed by atoms with Crippen LogP contribution in [0.4, 0.5) is 0 Å². The quantitative estimate of drug-likeness (QED) is 0.763. The molecule has 146 valence electrons. The van der Waals surface area contributed by atoms with Gasteiger partial charge >= 0.3 is 0 Å². The Bertz CT molecular complexity index is 808. The summed E-state index contributed by atoms with van der Waals surface area (Å²) in [7, 11) is 0. The molecule has 3 rings (SSSR count). The average molecular weight is 391 g/mol. The van der Waals surface area contributed by atoms with Crippen LogP contribution >= 0.6 is 11.8 Å². The largest absolute Gasteiger partial charge is 0.350 e. The first-order valence-electron chi connectivity index (χ1n) is 9.05. The summed E-state index contributed by atoms with van der Waals surface area (Å²) in [5.74, 6) is 0.447. The first kappa shape index (κ1) is 19.6. The third-order valence-corrected chi connectivity index (χ3v) is 5.14. The second kappa shape index (κ2) is 8.26. The number of aromatic nitrogens is 3. The SMILES string of the molecule is CC(C)(C)NC(=O)CN1CCN(C(=O)CSc2nnc3ccccn23)CC1. The van der Waals surface area contributed by atoms with Gasteiger partial charge in [-0.15, -0.1) is 10.2 Å². The molecular weight excluding hydrogens is 364 g/mol. The molecular formula is C18H26N6O2S. The molecule has 2 aromatic rings. The number of thioether (sulfide) groups is 1. The number of piperazine rings is 1. The number of carbonyl (C=O) groups is 2. The van der Waals surface area contributed by atoms with Crippen LogP contribution in [0.5, 0.6) is 0 Å². The minimum Gasteiger partial charge on any atom is -0.350 e. The fourth-order valence-electron chi connectivity index (χ4n) is 2.95. The van der Waals surface area contributed by atoms with Crippen molar-refractivity contribution in [3.05, 3.63) is 24.4 Å². The summed E-state index contributed by atoms with van der Waals surface area (Å²) in [5.41, 5.74) is 0.549. The number of rotatable bonds is 5. The zero-order valence-electron chi connectivity index (χ0n) is 16.0. The number of hydrogen-bond donors (Lipinski definition) is 1. The molecule has 27 heavy (non-hydrogen) atoms. The maximum Gasteiger partial charge on any atom is 0.234 e. The molecule has 9 heteroatoms. The molecule has 1 fully saturated rings. The molecule has 2 amide bonds. The molecule has 0 aliphatic carbocycles. The molecule has 0 radical (unpaired) electrons. The Balaban J connectivity index is 1.44. The van der Waals surface area contributed by atoms with Crippen LogP contribution in [0.15, 0.2) is 29.6 Å². The fraction of sp³-hybridized carbons (Fsp3) is 0.556. The second-order valence-electron chi connectivity index (χ2n) is 7.66. The molecule has 1 aliphatic heterocycles. The predicted molar refractivity (Wildman–Crippen MR) is 105 cm³/mol. The van der Waals surface area contributed by atoms with Gasteiger partial charge in [-0.2, -0.15) is 0 Å². The van der Waals surface area contributed by atoms with Gasteiger partial charge in [0.25, 0.3) is 0 Å². The number of carbonyl (C=O) groups excluding carboxylic acids is 2. The van der Waals surface area contributed by atoms with Gasteiger partial charge in [0.15, 0.2) is 10.8 Å². The number of pyridine rings is 1. The molecule has 0 saturated carbocycles. The lowest BCUT2D eigenvalue weighted by molar-refractivity contribution is -0.130. The van der Waals surface area contributed by atoms with Gasteiger partial charge < -0.3 is 10.2 Å². The number of fused-ring (bicyclic) bond motifs is 1. The first-order valence-corrected chi connectivity index (χ1v) is 10.0. The van der Waals surface area contributed by atoms with E-state index in [4.69, 9.17) is 0 Å². The van der Waals surface area contributed by atoms with E-state index >= 15 is 0 Å². The van der Waals surface area contributed by atoms with E-state index in [0.717, 1.165) is 10.8 Å². The van der Waals surface area contributed by atoms with Crippen molar-refractivity contribution in [2.75, 3.05) is 38.5 Å². The van der Waals surface area contributed by atoms with Gasteiger partial charge in [-0.1, -0.05) is 17.8 Å². The van der Waals surface area contributed by atoms with Crippen LogP contribution in [-0.4, -0.2) is 80.2 Å². The van der Waals surface area contributed by atoms with Gasteiger partial charge in [0, 0.05) is 37.9 Å². The monoisotopic (exact) mass is 390 g/mol. The van der Waals surface area contributed by atoms with Gasteiger partial charge in [0.1, 0.15) is 0 Å². The van der Waals surface area contributed by atoms with E-state index in [1.165, 1.54) is 11.8 Å². The van der Waals surface area contributed by atoms with Crippen LogP contribution in [0.25, 0.3) is 5.65 Å². The predicted octanol–water partition coefficient (Wildman–Crippen LogP) is 0.880. The third-order valence-electron chi connectivity index (χ3n) is 4.21. The Morgan fingerprint density at radius 2 is 1.89 bits per heavy atom. The van der Waals surface area contributed by atoms with Gasteiger partial charge in [0.2, 0.25) is 11.8 Å². The van der Waals surface area contributed by atoms with Crippen LogP contribution in [0.2, 0.25) is 0 Å². The lowest BCUT2D eigenvalue weighted by atomic mass is 10.1. The van der Waals surface area contributed by atoms with E-state index in [9.17, 15) is 9.59 Å². The van der Waals surface area contributed by atoms with E-state index in [0.29, 0.717) is 38.5 Å². The summed E-state index contributed by atoms with van der Waals surface area (Å²) in [6.45, 7) is 8.99. The summed E-state index contributed by atoms with van der Waals surface area (Å²) < 4.78 is 1.88. The second-order valence-corrected chi connectivity index (χ2v) is 8.60. The Labute approximate surface area is 163 Å². The Kier molecular flexibility index (Phi) is 6.01. The molecule has 0 bridgehead atoms. The van der Waals surface area contributed by atoms with Gasteiger partial charge in [0.05, 0.1) is 12.3 Å². The molecule has 2 aromatic heterocycles. The maximum atomic E-state index is 12.5. The van der Waals surface area contributed by atoms with Crippen molar-refractivity contribution in [2.24, 2.45) is 0 Å². The zero-order chi connectivity index (χ0) is 19.4. The van der Waals surface area contributed by atoms with E-state index in [1.807, 2.05) is 54.5 Å². The standard InChI is InChI=1S/C18H26N6O2S/c1-18(2,3)19-15(25)12-22-8-10-23(11-9-22)16(26)13-27-17-21-20-14-6-4-5-7-24(14)17/h4-7H,8-13H2,1-3H3,(H,19,25). The van der Waals surface area contributed by atoms with Crippen LogP contribution in [0.3, 0.4) is 0 Å². The van der Waals surface area contributed by atoms with Gasteiger partial charge in [-0.05, 0) is 32.9 Å². The smallest absolute Gasteiger partial charge is 0.234 e. The van der Waals surface area contributed by atoms with E-state index in [-0.39, 0.29) is 17.4 Å². The van der Waals surface area contributed by atoms with Crippen molar-refractivity contribution < 1.29 is 9.59 Å². The Morgan fingerprint density at radius 3 is 2.59 bits per heavy atom. The number of nitrogens with zero attached hydrogens (tertiary/aromatic N) is 5. The van der Waals surface area contributed by atoms with Crippen molar-refractivity contribution in [1.82, 2.24) is 29.7 Å². The summed E-state index contributed by atoms with van der Waals surface area (Å²) in [5, 5.41) is 11.9. The van der Waals surface area contributed by atoms with Crippen molar-refractivity contribution in [3.63, 3.8) is 0 Å². The Hall–Kier alpha value is -2.13. The minimum atomic E-state index is -0.224. The molecule has 1 aliphatic rings. The highest BCUT2D eigenvalue weighted by atomic mass is 32.2. The number of nitrogens with one attached hydrogen (secondary N) is 1. The fourth-order valence-corrected chi connectivity index (χ4v) is 3.78. The zero-order valence-corrected chi connectivity index (χ0v) is 16.8. The van der Waals surface area contributed by atoms with E-state index in [1.54, 1.807) is 0 Å². The van der Waals surface area contributed by atoms with Crippen molar-refractivity contribution in [3.8, 4) is 0 Å². The van der Waals surface area contributed by atoms with E-state index < -0.39 is 0 Å². The maximum absolute atomic E-state index is 12.5. The van der Waals surface area contributed by atoms with Gasteiger partial charge in [-0.25, -0.2) is 0 Å². The van der Waals surface area contributed by atoms with Crippen LogP contribution < -0.4 is 5.32 Å². The molecule has 1 saturated heterocycles. The highest BCUT2D eigenvalue weighted by molar-refractivity contribution is 7.99. The lowest BCUT2D eigenvalue weighted by Crippen LogP contribution is -2.53. The molecule has 0 spiro atoms. The van der Waals surface area contributed by atoms with Crippen molar-refractivity contribution >= 4 is 29.2 Å². The normalized spacial score (nSPS) is 15.9. The number of hydrogen-bond acceptors (Lipinski definition) is 6. The number of amides is 2. The highest BCUT2D eigenvalue weighted by Crippen LogP contribution is 2.17. The minimum absolute atomic E-state index is 0.0246. The van der Waals surface area contributed by atoms with Crippen LogP contribution in [-0.2, 0) is 9.59 Å². The first-order chi connectivity index (χ1) is 12.8. The summed E-state index contributed by atoms with van der Waals surface area (Å²) in [6, 6.07) is 5.70. The van der Waals surface area contributed by atoms with E-state index in [2.05, 4.69) is 20.4 Å². The third kappa shape index (κ3) is 5.43. The molecule has 0 atom stereocenters. The van der Waals surface area contributed by atoms with Crippen molar-refractivity contribution in [1.29, 1.82) is 0 Å². The molecule has 0 unspecified atom stereocenters. The van der Waals surface area contributed by atoms with Crippen LogP contribution in [0, 0.1) is 0 Å². The summed E-state index contributed by atoms with van der Waals surface area (Å²) in [6.07, 6.45) is 1.89. The molecule has 8 nitrogen and oxygen atoms in total. The molecule has 3 heterocycles. The summed E-state index contributed by atoms with van der Waals surface area (Å²) in [4.78, 5) is 28.5. The summed E-state index contributed by atoms with van der Waals surface area (Å²) >= 11 is 1.40. The average Bonchev–Trinajstić information content (AvgIpc) is 3.02. The lowest BCUT2D eigenvalue weighted by Gasteiger charge is -2.34. The molecule has 0 aromatic carbocycles. The Morgan fingerprint density at radius 1 is 1.15 bits per heavy atom. The van der Waals surface area contributed by atoms with Crippen LogP contribution in [0.1, 0.15) is 20.8 Å². The highest BCUT2D eigenvalue weighted by Gasteiger charge is 2.24.